The molecule has 0 spiro atoms. The first-order valence-corrected chi connectivity index (χ1v) is 25.1. The van der Waals surface area contributed by atoms with E-state index >= 15 is 0 Å². The molecule has 0 unspecified atom stereocenters. The Kier molecular flexibility index (Phi) is 9.06. The van der Waals surface area contributed by atoms with Crippen LogP contribution in [0, 0.1) is 0 Å². The molecule has 1 aliphatic carbocycles. The quantitative estimate of drug-likeness (QED) is 0.115. The minimum atomic E-state index is 1.18. The van der Waals surface area contributed by atoms with Gasteiger partial charge in [-0.1, -0.05) is 267 Å². The van der Waals surface area contributed by atoms with Gasteiger partial charge in [-0.3, -0.25) is 0 Å². The van der Waals surface area contributed by atoms with Gasteiger partial charge < -0.3 is 0 Å². The van der Waals surface area contributed by atoms with Crippen molar-refractivity contribution in [2.24, 2.45) is 0 Å². The van der Waals surface area contributed by atoms with Crippen molar-refractivity contribution in [3.63, 3.8) is 0 Å². The summed E-state index contributed by atoms with van der Waals surface area (Å²) in [4.78, 5) is 0. The zero-order chi connectivity index (χ0) is 47.3. The van der Waals surface area contributed by atoms with Gasteiger partial charge in [0.15, 0.2) is 0 Å². The Morgan fingerprint density at radius 3 is 0.708 bits per heavy atom. The second-order valence-corrected chi connectivity index (χ2v) is 19.2. The van der Waals surface area contributed by atoms with Crippen LogP contribution in [-0.2, 0) is 0 Å². The van der Waals surface area contributed by atoms with E-state index in [1.54, 1.807) is 0 Å². The first kappa shape index (κ1) is 40.5. The van der Waals surface area contributed by atoms with Crippen molar-refractivity contribution in [2.75, 3.05) is 0 Å². The van der Waals surface area contributed by atoms with Gasteiger partial charge >= 0.3 is 0 Å². The summed E-state index contributed by atoms with van der Waals surface area (Å²) in [7, 11) is 0. The van der Waals surface area contributed by atoms with E-state index in [1.807, 2.05) is 0 Å². The molecule has 0 fully saturated rings. The maximum Gasteiger partial charge on any atom is -0.0000925 e. The molecule has 14 aromatic carbocycles. The lowest BCUT2D eigenvalue weighted by molar-refractivity contribution is 1.61. The predicted molar refractivity (Wildman–Crippen MR) is 309 cm³/mol. The van der Waals surface area contributed by atoms with Crippen LogP contribution in [0.1, 0.15) is 0 Å². The third kappa shape index (κ3) is 5.81. The van der Waals surface area contributed by atoms with Gasteiger partial charge in [0.05, 0.1) is 0 Å². The summed E-state index contributed by atoms with van der Waals surface area (Å²) in [5.74, 6) is 0. The lowest BCUT2D eigenvalue weighted by Crippen LogP contribution is -2.02. The summed E-state index contributed by atoms with van der Waals surface area (Å²) in [5, 5.41) is 15.1. The Labute approximate surface area is 418 Å². The molecule has 0 saturated carbocycles. The minimum absolute atomic E-state index is 1.18. The summed E-state index contributed by atoms with van der Waals surface area (Å²) in [6.07, 6.45) is 0. The minimum Gasteiger partial charge on any atom is -0.0622 e. The third-order valence-corrected chi connectivity index (χ3v) is 15.5. The second kappa shape index (κ2) is 16.1. The van der Waals surface area contributed by atoms with E-state index in [0.717, 1.165) is 0 Å². The first-order chi connectivity index (χ1) is 35.8. The van der Waals surface area contributed by atoms with Crippen LogP contribution in [0.25, 0.3) is 154 Å². The van der Waals surface area contributed by atoms with E-state index in [2.05, 4.69) is 267 Å². The lowest BCUT2D eigenvalue weighted by Gasteiger charge is -2.30. The summed E-state index contributed by atoms with van der Waals surface area (Å²) < 4.78 is 0. The van der Waals surface area contributed by atoms with Crippen LogP contribution in [0.15, 0.2) is 267 Å². The van der Waals surface area contributed by atoms with Crippen LogP contribution in [0.3, 0.4) is 0 Å². The molecule has 14 aromatic rings. The van der Waals surface area contributed by atoms with Crippen molar-refractivity contribution in [1.82, 2.24) is 0 Å². The smallest absolute Gasteiger partial charge is 0.0000925 e. The highest BCUT2D eigenvalue weighted by Crippen LogP contribution is 2.64. The molecule has 0 heterocycles. The van der Waals surface area contributed by atoms with Crippen molar-refractivity contribution < 1.29 is 0 Å². The van der Waals surface area contributed by atoms with Gasteiger partial charge in [-0.2, -0.15) is 0 Å². The fourth-order valence-electron chi connectivity index (χ4n) is 12.8. The molecule has 0 radical (unpaired) electrons. The highest BCUT2D eigenvalue weighted by atomic mass is 14.4. The van der Waals surface area contributed by atoms with E-state index in [1.165, 1.54) is 154 Å². The topological polar surface area (TPSA) is 0 Å². The molecule has 0 aromatic heterocycles. The van der Waals surface area contributed by atoms with Crippen LogP contribution in [0.2, 0.25) is 0 Å². The molecule has 15 rings (SSSR count). The summed E-state index contributed by atoms with van der Waals surface area (Å²) in [6.45, 7) is 0. The van der Waals surface area contributed by atoms with E-state index in [9.17, 15) is 0 Å². The number of hydrogen-bond acceptors (Lipinski definition) is 0. The molecule has 0 bridgehead atoms. The molecule has 0 saturated heterocycles. The SMILES string of the molecule is c1ccc(-c2c3c(c(-c4ccccc4)c4c(-c5ccccc5)c5c(-c6ccccc6)c6c7ccccc7c7ccccc7c6c(-c6ccccc6)c5c(-c5ccccc5)c24)-c2cccc4cccc-3c24)cc1. The molecular weight excluding hydrogens is 865 g/mol. The number of rotatable bonds is 6. The van der Waals surface area contributed by atoms with Gasteiger partial charge in [0.2, 0.25) is 0 Å². The van der Waals surface area contributed by atoms with Crippen LogP contribution in [0.4, 0.5) is 0 Å². The first-order valence-electron chi connectivity index (χ1n) is 25.1. The molecule has 0 amide bonds. The highest BCUT2D eigenvalue weighted by Gasteiger charge is 2.36. The van der Waals surface area contributed by atoms with Gasteiger partial charge in [0.1, 0.15) is 0 Å². The van der Waals surface area contributed by atoms with E-state index < -0.39 is 0 Å². The fraction of sp³-hybridized carbons (Fsp3) is 0. The van der Waals surface area contributed by atoms with Gasteiger partial charge in [0.25, 0.3) is 0 Å². The summed E-state index contributed by atoms with van der Waals surface area (Å²) in [6, 6.07) is 99.9. The van der Waals surface area contributed by atoms with Gasteiger partial charge in [-0.25, -0.2) is 0 Å². The van der Waals surface area contributed by atoms with Gasteiger partial charge in [0, 0.05) is 0 Å². The largest absolute Gasteiger partial charge is 0.0622 e. The molecule has 0 N–H and O–H groups in total. The normalized spacial score (nSPS) is 11.9. The Balaban J connectivity index is 1.39. The van der Waals surface area contributed by atoms with E-state index in [-0.39, 0.29) is 0 Å². The van der Waals surface area contributed by atoms with Crippen molar-refractivity contribution in [3.05, 3.63) is 267 Å². The third-order valence-electron chi connectivity index (χ3n) is 15.5. The number of hydrogen-bond donors (Lipinski definition) is 0. The average molecular weight is 909 g/mol. The standard InChI is InChI=1S/C72H44/c1-7-25-46(26-8-1)59-65-54-41-21-19-39-52(54)53-40-20-22-42-55(53)66(65)60(47-27-9-2-10-28-47)70-64(51-35-17-6-18-36-51)72-62(49-31-13-4-14-32-49)68-57-44-24-38-45-37-23-43-56(58(45)57)67(68)61(48-29-11-3-12-30-48)71(72)63(69(59)70)50-33-15-5-16-34-50/h1-44H. The second-order valence-electron chi connectivity index (χ2n) is 19.2. The van der Waals surface area contributed by atoms with E-state index in [4.69, 9.17) is 0 Å². The number of fused-ring (bicyclic) bond motifs is 11. The van der Waals surface area contributed by atoms with Crippen molar-refractivity contribution in [2.45, 2.75) is 0 Å². The van der Waals surface area contributed by atoms with Crippen LogP contribution >= 0.6 is 0 Å². The fourth-order valence-corrected chi connectivity index (χ4v) is 12.8. The summed E-state index contributed by atoms with van der Waals surface area (Å²) in [5.41, 5.74) is 19.7. The zero-order valence-corrected chi connectivity index (χ0v) is 39.4. The van der Waals surface area contributed by atoms with Crippen molar-refractivity contribution >= 4 is 64.6 Å². The van der Waals surface area contributed by atoms with Crippen molar-refractivity contribution in [3.8, 4) is 89.0 Å². The van der Waals surface area contributed by atoms with Crippen LogP contribution < -0.4 is 0 Å². The number of benzene rings is 14. The molecule has 1 aliphatic rings. The Morgan fingerprint density at radius 1 is 0.139 bits per heavy atom. The predicted octanol–water partition coefficient (Wildman–Crippen LogP) is 20.3. The Bertz CT molecular complexity index is 4200. The molecule has 0 heteroatoms. The lowest BCUT2D eigenvalue weighted by atomic mass is 9.72. The highest BCUT2D eigenvalue weighted by molar-refractivity contribution is 6.44. The van der Waals surface area contributed by atoms with E-state index in [0.29, 0.717) is 0 Å². The van der Waals surface area contributed by atoms with Gasteiger partial charge in [-0.15, -0.1) is 0 Å². The molecule has 0 atom stereocenters. The monoisotopic (exact) mass is 908 g/mol. The zero-order valence-electron chi connectivity index (χ0n) is 39.4. The maximum absolute atomic E-state index is 2.37. The Morgan fingerprint density at radius 2 is 0.389 bits per heavy atom. The maximum atomic E-state index is 2.37. The summed E-state index contributed by atoms with van der Waals surface area (Å²) >= 11 is 0. The Hall–Kier alpha value is -9.36. The van der Waals surface area contributed by atoms with Crippen molar-refractivity contribution in [1.29, 1.82) is 0 Å². The molecule has 0 nitrogen and oxygen atoms in total. The van der Waals surface area contributed by atoms with Crippen LogP contribution in [-0.4, -0.2) is 0 Å². The molecule has 332 valence electrons. The molecule has 72 heavy (non-hydrogen) atoms. The average Bonchev–Trinajstić information content (AvgIpc) is 3.79. The van der Waals surface area contributed by atoms with Crippen LogP contribution in [0.5, 0.6) is 0 Å². The van der Waals surface area contributed by atoms with Gasteiger partial charge in [-0.05, 0) is 154 Å². The molecular formula is C72H44. The molecule has 0 aliphatic heterocycles.